The molecule has 0 aromatic rings. The molecule has 0 aromatic heterocycles. The molecule has 13 atom stereocenters. The molecule has 4 fully saturated rings. The Hall–Kier alpha value is 0.920. The van der Waals surface area contributed by atoms with Crippen LogP contribution in [0.2, 0.25) is 0 Å². The third-order valence-electron chi connectivity index (χ3n) is 9.30. The van der Waals surface area contributed by atoms with Crippen molar-refractivity contribution in [1.29, 1.82) is 0 Å². The van der Waals surface area contributed by atoms with Crippen molar-refractivity contribution in [2.45, 2.75) is 61.0 Å². The lowest BCUT2D eigenvalue weighted by molar-refractivity contribution is -0.0687. The van der Waals surface area contributed by atoms with Crippen molar-refractivity contribution in [1.82, 2.24) is 28.0 Å². The fraction of sp³-hybridized carbons (Fsp3) is 1.00. The maximum absolute atomic E-state index is 14.7. The van der Waals surface area contributed by atoms with Gasteiger partial charge in [-0.05, 0) is 60.5 Å². The minimum absolute atomic E-state index is 0.0178. The molecule has 0 amide bonds. The first-order valence-corrected chi connectivity index (χ1v) is 25.1. The number of rotatable bonds is 19. The second-order valence-corrected chi connectivity index (χ2v) is 25.0. The zero-order valence-electron chi connectivity index (χ0n) is 33.0. The largest absolute Gasteiger partial charge is 0.394 e. The van der Waals surface area contributed by atoms with Crippen LogP contribution in [0.25, 0.3) is 0 Å². The van der Waals surface area contributed by atoms with E-state index in [1.165, 1.54) is 25.8 Å². The summed E-state index contributed by atoms with van der Waals surface area (Å²) in [6.07, 6.45) is -3.62. The lowest BCUT2D eigenvalue weighted by Crippen LogP contribution is -2.52. The quantitative estimate of drug-likeness (QED) is 0.120. The molecule has 4 saturated heterocycles. The van der Waals surface area contributed by atoms with Crippen LogP contribution in [0.3, 0.4) is 0 Å². The summed E-state index contributed by atoms with van der Waals surface area (Å²) in [6.45, 7) is -4.19. The smallest absolute Gasteiger partial charge is 0.345 e. The summed E-state index contributed by atoms with van der Waals surface area (Å²) in [7, 11) is 24.0. The molecule has 29 heteroatoms. The molecule has 0 spiro atoms. The van der Waals surface area contributed by atoms with E-state index in [1.807, 2.05) is 0 Å². The number of morpholine rings is 3. The first-order chi connectivity index (χ1) is 26.0. The predicted octanol–water partition coefficient (Wildman–Crippen LogP) is -0.844. The molecule has 4 aliphatic rings. The molecule has 314 valence electrons. The maximum atomic E-state index is 14.7. The minimum atomic E-state index is -3.83. The molecule has 0 aromatic carbocycles. The molecule has 4 heterocycles. The summed E-state index contributed by atoms with van der Waals surface area (Å²) in [5.74, 6) is 0. The lowest BCUT2D eigenvalue weighted by atomic mass is 9.96. The van der Waals surface area contributed by atoms with Gasteiger partial charge in [-0.15, -0.1) is 0 Å². The molecule has 4 aliphatic heterocycles. The highest BCUT2D eigenvalue weighted by Crippen LogP contribution is 2.57. The van der Waals surface area contributed by atoms with Gasteiger partial charge in [0.05, 0.1) is 50.8 Å². The summed E-state index contributed by atoms with van der Waals surface area (Å²) in [4.78, 5) is 10.2. The van der Waals surface area contributed by atoms with E-state index in [-0.39, 0.29) is 72.1 Å². The van der Waals surface area contributed by atoms with Crippen LogP contribution in [0.5, 0.6) is 0 Å². The molecule has 0 aliphatic carbocycles. The Labute approximate surface area is 341 Å². The highest BCUT2D eigenvalue weighted by atomic mass is 32.5. The van der Waals surface area contributed by atoms with Gasteiger partial charge in [0, 0.05) is 70.4 Å². The van der Waals surface area contributed by atoms with E-state index in [2.05, 4.69) is 0 Å². The van der Waals surface area contributed by atoms with E-state index in [9.17, 15) is 23.7 Å². The van der Waals surface area contributed by atoms with Gasteiger partial charge < -0.3 is 51.6 Å². The molecule has 0 bridgehead atoms. The van der Waals surface area contributed by atoms with Crippen molar-refractivity contribution in [3.05, 3.63) is 0 Å². The van der Waals surface area contributed by atoms with Crippen molar-refractivity contribution in [2.75, 3.05) is 115 Å². The molecule has 0 saturated carbocycles. The van der Waals surface area contributed by atoms with E-state index >= 15 is 0 Å². The molecular formula is C27H54B4N6O14P4S. The molecule has 2 N–H and O–H groups in total. The summed E-state index contributed by atoms with van der Waals surface area (Å²) >= 11 is 4.99. The Morgan fingerprint density at radius 3 is 1.39 bits per heavy atom. The second kappa shape index (κ2) is 20.9. The van der Waals surface area contributed by atoms with Crippen molar-refractivity contribution in [3.8, 4) is 0 Å². The molecule has 20 nitrogen and oxygen atoms in total. The SMILES string of the molecule is [B][C@H]1CN(P(=O)(OCC2CN(P(=O)(OCC3O[C@@H]([B])C[C@@H]3OP(O)(=S)OC)N(C)C)C[C@H]([B])O2)N(C)C)CC(COP(=O)(N(C)C)N2C[C@@H](CO)O[C@@H]([B])C2)O1. The van der Waals surface area contributed by atoms with Crippen LogP contribution in [0, 0.1) is 0 Å². The Kier molecular flexibility index (Phi) is 18.5. The number of nitrogens with zero attached hydrogens (tertiary/aromatic N) is 6. The summed E-state index contributed by atoms with van der Waals surface area (Å²) in [5, 5.41) is 9.67. The number of ether oxygens (including phenoxy) is 4. The average molecular weight is 886 g/mol. The standard InChI is InChI=1S/C27H54B4N6O14P4S/c1-32(2)52(39,35-9-19(15-38)47-25(29)12-35)44-16-20-10-36(13-26(30)48-20)53(40,33(3)4)45-17-21-11-37(14-27(31)49-21)54(41,34(5)6)46-18-23-22(8-24(28)50-23)51-55(42,56)43-7/h19-27,38H,8-18H2,1-7H3,(H,42,56)/t19-,20?,21?,22-,23?,24+,25+,26+,27+,52?,53?,54?,55?/m0/s1. The zero-order valence-corrected chi connectivity index (χ0v) is 37.4. The first kappa shape index (κ1) is 49.6. The molecule has 4 rings (SSSR count). The van der Waals surface area contributed by atoms with Crippen LogP contribution < -0.4 is 0 Å². The highest BCUT2D eigenvalue weighted by Gasteiger charge is 2.47. The van der Waals surface area contributed by atoms with Crippen LogP contribution in [-0.4, -0.2) is 239 Å². The van der Waals surface area contributed by atoms with Crippen molar-refractivity contribution >= 4 is 72.9 Å². The normalized spacial score (nSPS) is 36.0. The van der Waals surface area contributed by atoms with Gasteiger partial charge in [0.2, 0.25) is 0 Å². The fourth-order valence-corrected chi connectivity index (χ4v) is 13.6. The Morgan fingerprint density at radius 1 is 0.643 bits per heavy atom. The second-order valence-electron chi connectivity index (χ2n) is 14.3. The topological polar surface area (TPSA) is 194 Å². The third-order valence-corrected chi connectivity index (χ3v) is 18.6. The Bertz CT molecular complexity index is 1490. The number of hydrogen-bond acceptors (Lipinski definition) is 14. The number of aliphatic hydroxyl groups excluding tert-OH is 1. The van der Waals surface area contributed by atoms with Gasteiger partial charge in [0.25, 0.3) is 0 Å². The number of aliphatic hydroxyl groups is 1. The maximum Gasteiger partial charge on any atom is 0.345 e. The van der Waals surface area contributed by atoms with Gasteiger partial charge in [-0.25, -0.2) is 28.0 Å². The fourth-order valence-electron chi connectivity index (χ4n) is 6.56. The lowest BCUT2D eigenvalue weighted by Gasteiger charge is -2.45. The minimum Gasteiger partial charge on any atom is -0.394 e. The van der Waals surface area contributed by atoms with E-state index in [0.29, 0.717) is 0 Å². The molecule has 7 unspecified atom stereocenters. The molecular weight excluding hydrogens is 832 g/mol. The van der Waals surface area contributed by atoms with Gasteiger partial charge in [0.1, 0.15) is 37.5 Å². The Balaban J connectivity index is 1.42. The Morgan fingerprint density at radius 2 is 1.02 bits per heavy atom. The van der Waals surface area contributed by atoms with Crippen LogP contribution in [-0.2, 0) is 67.1 Å². The van der Waals surface area contributed by atoms with Crippen LogP contribution in [0.1, 0.15) is 6.42 Å². The summed E-state index contributed by atoms with van der Waals surface area (Å²) < 4.78 is 104. The zero-order chi connectivity index (χ0) is 41.8. The van der Waals surface area contributed by atoms with Crippen LogP contribution in [0.4, 0.5) is 0 Å². The molecule has 8 radical (unpaired) electrons. The van der Waals surface area contributed by atoms with E-state index in [0.717, 1.165) is 0 Å². The van der Waals surface area contributed by atoms with Crippen molar-refractivity contribution in [3.63, 3.8) is 0 Å². The summed E-state index contributed by atoms with van der Waals surface area (Å²) in [5.41, 5.74) is 0. The average Bonchev–Trinajstić information content (AvgIpc) is 3.47. The van der Waals surface area contributed by atoms with Crippen LogP contribution >= 0.6 is 29.7 Å². The highest BCUT2D eigenvalue weighted by molar-refractivity contribution is 8.07. The van der Waals surface area contributed by atoms with E-state index in [4.69, 9.17) is 84.8 Å². The van der Waals surface area contributed by atoms with Gasteiger partial charge in [-0.3, -0.25) is 13.7 Å². The molecule has 56 heavy (non-hydrogen) atoms. The van der Waals surface area contributed by atoms with Crippen LogP contribution in [0.15, 0.2) is 0 Å². The van der Waals surface area contributed by atoms with Gasteiger partial charge in [-0.2, -0.15) is 0 Å². The van der Waals surface area contributed by atoms with E-state index in [1.54, 1.807) is 51.6 Å². The predicted molar refractivity (Wildman–Crippen MR) is 214 cm³/mol. The van der Waals surface area contributed by atoms with Gasteiger partial charge in [-0.1, -0.05) is 0 Å². The number of hydrogen-bond donors (Lipinski definition) is 2. The summed E-state index contributed by atoms with van der Waals surface area (Å²) in [6, 6.07) is -3.34. The van der Waals surface area contributed by atoms with Gasteiger partial charge in [0.15, 0.2) is 0 Å². The third kappa shape index (κ3) is 12.5. The van der Waals surface area contributed by atoms with E-state index < -0.39 is 84.3 Å². The van der Waals surface area contributed by atoms with Gasteiger partial charge >= 0.3 is 29.7 Å². The first-order valence-electron chi connectivity index (χ1n) is 17.9. The van der Waals surface area contributed by atoms with Crippen molar-refractivity contribution < 1.29 is 65.3 Å². The van der Waals surface area contributed by atoms with Crippen molar-refractivity contribution in [2.24, 2.45) is 0 Å². The monoisotopic (exact) mass is 886 g/mol.